The largest absolute Gasteiger partial charge is 0.466 e. The van der Waals surface area contributed by atoms with Crippen molar-refractivity contribution in [1.82, 2.24) is 15.5 Å². The van der Waals surface area contributed by atoms with Crippen molar-refractivity contribution < 1.29 is 4.42 Å². The zero-order chi connectivity index (χ0) is 13.2. The van der Waals surface area contributed by atoms with Crippen LogP contribution in [-0.4, -0.2) is 36.4 Å². The second-order valence-corrected chi connectivity index (χ2v) is 5.06. The molecule has 0 saturated carbocycles. The number of H-pyrrole nitrogens is 1. The molecular formula is C14H20N4O. The number of furan rings is 1. The normalized spacial score (nSPS) is 16.6. The van der Waals surface area contributed by atoms with Crippen LogP contribution in [0.5, 0.6) is 0 Å². The molecule has 3 rings (SSSR count). The average molecular weight is 260 g/mol. The second kappa shape index (κ2) is 5.09. The number of anilines is 1. The SMILES string of the molecule is Cc1cc(-c2cc(N3CCCNCC3)n[nH]2)c(C)o1. The van der Waals surface area contributed by atoms with Crippen molar-refractivity contribution in [1.29, 1.82) is 0 Å². The number of rotatable bonds is 2. The zero-order valence-corrected chi connectivity index (χ0v) is 11.5. The van der Waals surface area contributed by atoms with Crippen molar-refractivity contribution in [3.63, 3.8) is 0 Å². The highest BCUT2D eigenvalue weighted by molar-refractivity contribution is 5.65. The Morgan fingerprint density at radius 1 is 1.21 bits per heavy atom. The maximum Gasteiger partial charge on any atom is 0.151 e. The van der Waals surface area contributed by atoms with Gasteiger partial charge in [-0.2, -0.15) is 5.10 Å². The average Bonchev–Trinajstić information content (AvgIpc) is 2.88. The molecule has 2 N–H and O–H groups in total. The van der Waals surface area contributed by atoms with Crippen molar-refractivity contribution in [2.45, 2.75) is 20.3 Å². The van der Waals surface area contributed by atoms with E-state index in [4.69, 9.17) is 4.42 Å². The van der Waals surface area contributed by atoms with Crippen LogP contribution in [0.15, 0.2) is 16.5 Å². The van der Waals surface area contributed by atoms with Crippen LogP contribution in [0.4, 0.5) is 5.82 Å². The van der Waals surface area contributed by atoms with Gasteiger partial charge in [0, 0.05) is 31.3 Å². The van der Waals surface area contributed by atoms with Crippen LogP contribution < -0.4 is 10.2 Å². The fourth-order valence-corrected chi connectivity index (χ4v) is 2.58. The third kappa shape index (κ3) is 2.51. The lowest BCUT2D eigenvalue weighted by molar-refractivity contribution is 0.505. The van der Waals surface area contributed by atoms with Crippen LogP contribution in [0.25, 0.3) is 11.3 Å². The van der Waals surface area contributed by atoms with Gasteiger partial charge in [0.2, 0.25) is 0 Å². The van der Waals surface area contributed by atoms with E-state index in [1.807, 2.05) is 13.8 Å². The predicted octanol–water partition coefficient (Wildman–Crippen LogP) is 2.09. The first-order valence-corrected chi connectivity index (χ1v) is 6.82. The highest BCUT2D eigenvalue weighted by Crippen LogP contribution is 2.27. The summed E-state index contributed by atoms with van der Waals surface area (Å²) in [6.45, 7) is 8.13. The van der Waals surface area contributed by atoms with Gasteiger partial charge in [0.15, 0.2) is 5.82 Å². The van der Waals surface area contributed by atoms with Crippen molar-refractivity contribution in [3.05, 3.63) is 23.7 Å². The van der Waals surface area contributed by atoms with Gasteiger partial charge in [-0.05, 0) is 32.9 Å². The number of nitrogens with one attached hydrogen (secondary N) is 2. The van der Waals surface area contributed by atoms with Crippen LogP contribution in [0.2, 0.25) is 0 Å². The van der Waals surface area contributed by atoms with E-state index >= 15 is 0 Å². The third-order valence-electron chi connectivity index (χ3n) is 3.56. The van der Waals surface area contributed by atoms with Crippen LogP contribution in [0, 0.1) is 13.8 Å². The summed E-state index contributed by atoms with van der Waals surface area (Å²) in [6.07, 6.45) is 1.16. The molecule has 5 heteroatoms. The van der Waals surface area contributed by atoms with Gasteiger partial charge >= 0.3 is 0 Å². The summed E-state index contributed by atoms with van der Waals surface area (Å²) in [7, 11) is 0. The van der Waals surface area contributed by atoms with E-state index in [0.717, 1.165) is 61.2 Å². The van der Waals surface area contributed by atoms with Crippen LogP contribution >= 0.6 is 0 Å². The summed E-state index contributed by atoms with van der Waals surface area (Å²) in [5, 5.41) is 11.0. The van der Waals surface area contributed by atoms with Gasteiger partial charge in [0.05, 0.1) is 5.69 Å². The molecule has 1 aliphatic heterocycles. The number of aromatic nitrogens is 2. The Morgan fingerprint density at radius 3 is 2.89 bits per heavy atom. The van der Waals surface area contributed by atoms with Gasteiger partial charge < -0.3 is 14.6 Å². The molecule has 5 nitrogen and oxygen atoms in total. The topological polar surface area (TPSA) is 57.1 Å². The lowest BCUT2D eigenvalue weighted by Gasteiger charge is -2.18. The molecule has 3 heterocycles. The first kappa shape index (κ1) is 12.3. The molecule has 1 aliphatic rings. The van der Waals surface area contributed by atoms with Gasteiger partial charge in [-0.15, -0.1) is 0 Å². The van der Waals surface area contributed by atoms with E-state index in [1.54, 1.807) is 0 Å². The minimum Gasteiger partial charge on any atom is -0.466 e. The van der Waals surface area contributed by atoms with Crippen LogP contribution in [0.1, 0.15) is 17.9 Å². The Hall–Kier alpha value is -1.75. The Labute approximate surface area is 113 Å². The standard InChI is InChI=1S/C14H20N4O/c1-10-8-12(11(2)19-10)13-9-14(17-16-13)18-6-3-4-15-5-7-18/h8-9,15H,3-7H2,1-2H3,(H,16,17). The molecule has 102 valence electrons. The Morgan fingerprint density at radius 2 is 2.11 bits per heavy atom. The molecule has 0 amide bonds. The number of aryl methyl sites for hydroxylation is 2. The van der Waals surface area contributed by atoms with Crippen LogP contribution in [-0.2, 0) is 0 Å². The Balaban J connectivity index is 1.84. The van der Waals surface area contributed by atoms with E-state index in [0.29, 0.717) is 0 Å². The second-order valence-electron chi connectivity index (χ2n) is 5.06. The lowest BCUT2D eigenvalue weighted by Crippen LogP contribution is -2.28. The Bertz CT molecular complexity index is 550. The summed E-state index contributed by atoms with van der Waals surface area (Å²) in [5.41, 5.74) is 2.13. The summed E-state index contributed by atoms with van der Waals surface area (Å²) >= 11 is 0. The summed E-state index contributed by atoms with van der Waals surface area (Å²) in [6, 6.07) is 4.17. The van der Waals surface area contributed by atoms with Crippen molar-refractivity contribution in [2.75, 3.05) is 31.1 Å². The quantitative estimate of drug-likeness (QED) is 0.868. The fourth-order valence-electron chi connectivity index (χ4n) is 2.58. The number of hydrogen-bond acceptors (Lipinski definition) is 4. The first-order valence-electron chi connectivity index (χ1n) is 6.82. The van der Waals surface area contributed by atoms with E-state index in [-0.39, 0.29) is 0 Å². The monoisotopic (exact) mass is 260 g/mol. The smallest absolute Gasteiger partial charge is 0.151 e. The van der Waals surface area contributed by atoms with Crippen molar-refractivity contribution >= 4 is 5.82 Å². The molecule has 0 atom stereocenters. The van der Waals surface area contributed by atoms with E-state index < -0.39 is 0 Å². The number of nitrogens with zero attached hydrogens (tertiary/aromatic N) is 2. The molecule has 2 aromatic heterocycles. The maximum absolute atomic E-state index is 5.57. The lowest BCUT2D eigenvalue weighted by atomic mass is 10.2. The van der Waals surface area contributed by atoms with Gasteiger partial charge in [-0.3, -0.25) is 5.10 Å². The van der Waals surface area contributed by atoms with E-state index in [2.05, 4.69) is 32.5 Å². The van der Waals surface area contributed by atoms with Gasteiger partial charge in [-0.1, -0.05) is 0 Å². The van der Waals surface area contributed by atoms with Gasteiger partial charge in [0.25, 0.3) is 0 Å². The molecule has 1 saturated heterocycles. The molecule has 0 unspecified atom stereocenters. The summed E-state index contributed by atoms with van der Waals surface area (Å²) in [5.74, 6) is 2.89. The molecule has 0 aromatic carbocycles. The molecule has 1 fully saturated rings. The van der Waals surface area contributed by atoms with E-state index in [1.165, 1.54) is 0 Å². The minimum absolute atomic E-state index is 0.933. The summed E-state index contributed by atoms with van der Waals surface area (Å²) < 4.78 is 5.57. The summed E-state index contributed by atoms with van der Waals surface area (Å²) in [4.78, 5) is 2.32. The molecular weight excluding hydrogens is 240 g/mol. The van der Waals surface area contributed by atoms with Crippen LogP contribution in [0.3, 0.4) is 0 Å². The van der Waals surface area contributed by atoms with Gasteiger partial charge in [-0.25, -0.2) is 0 Å². The van der Waals surface area contributed by atoms with Gasteiger partial charge in [0.1, 0.15) is 11.5 Å². The molecule has 0 bridgehead atoms. The molecule has 0 spiro atoms. The van der Waals surface area contributed by atoms with Crippen molar-refractivity contribution in [3.8, 4) is 11.3 Å². The highest BCUT2D eigenvalue weighted by Gasteiger charge is 2.15. The number of hydrogen-bond donors (Lipinski definition) is 2. The molecule has 0 aliphatic carbocycles. The maximum atomic E-state index is 5.57. The predicted molar refractivity (Wildman–Crippen MR) is 75.5 cm³/mol. The molecule has 19 heavy (non-hydrogen) atoms. The first-order chi connectivity index (χ1) is 9.24. The molecule has 0 radical (unpaired) electrons. The highest BCUT2D eigenvalue weighted by atomic mass is 16.3. The van der Waals surface area contributed by atoms with E-state index in [9.17, 15) is 0 Å². The fraction of sp³-hybridized carbons (Fsp3) is 0.500. The third-order valence-corrected chi connectivity index (χ3v) is 3.56. The van der Waals surface area contributed by atoms with Crippen molar-refractivity contribution in [2.24, 2.45) is 0 Å². The zero-order valence-electron chi connectivity index (χ0n) is 11.5. The Kier molecular flexibility index (Phi) is 3.29. The number of aromatic amines is 1. The molecule has 2 aromatic rings. The minimum atomic E-state index is 0.933.